The number of aryl methyl sites for hydroxylation is 1. The Bertz CT molecular complexity index is 913. The van der Waals surface area contributed by atoms with Gasteiger partial charge in [-0.05, 0) is 12.5 Å². The van der Waals surface area contributed by atoms with E-state index in [1.807, 2.05) is 48.7 Å². The first kappa shape index (κ1) is 16.4. The molecule has 0 radical (unpaired) electrons. The van der Waals surface area contributed by atoms with Crippen LogP contribution in [-0.2, 0) is 6.42 Å². The number of hydrazine groups is 1. The van der Waals surface area contributed by atoms with Crippen LogP contribution in [0.1, 0.15) is 12.6 Å². The molecule has 3 aromatic rings. The highest BCUT2D eigenvalue weighted by Gasteiger charge is 2.20. The van der Waals surface area contributed by atoms with Crippen molar-refractivity contribution < 1.29 is 10.1 Å². The van der Waals surface area contributed by atoms with Crippen molar-refractivity contribution in [1.29, 1.82) is 0 Å². The number of aromatic nitrogens is 2. The van der Waals surface area contributed by atoms with Gasteiger partial charge in [-0.3, -0.25) is 0 Å². The molecule has 126 valence electrons. The fraction of sp³-hybridized carbons (Fsp3) is 0.111. The van der Waals surface area contributed by atoms with E-state index in [0.717, 1.165) is 5.56 Å². The summed E-state index contributed by atoms with van der Waals surface area (Å²) in [4.78, 5) is 19.4. The first-order chi connectivity index (χ1) is 12.1. The van der Waals surface area contributed by atoms with Crippen LogP contribution < -0.4 is 5.43 Å². The Balaban J connectivity index is 2.32. The van der Waals surface area contributed by atoms with Gasteiger partial charge >= 0.3 is 0 Å². The molecule has 3 rings (SSSR count). The molecular weight excluding hydrogens is 320 g/mol. The van der Waals surface area contributed by atoms with Gasteiger partial charge in [0.2, 0.25) is 0 Å². The fourth-order valence-electron chi connectivity index (χ4n) is 2.67. The third kappa shape index (κ3) is 3.40. The monoisotopic (exact) mass is 336 g/mol. The molecule has 0 unspecified atom stereocenters. The zero-order chi connectivity index (χ0) is 17.8. The average Bonchev–Trinajstić information content (AvgIpc) is 2.62. The van der Waals surface area contributed by atoms with E-state index in [4.69, 9.17) is 0 Å². The van der Waals surface area contributed by atoms with Gasteiger partial charge in [-0.15, -0.1) is 0 Å². The molecule has 2 N–H and O–H groups in total. The summed E-state index contributed by atoms with van der Waals surface area (Å²) in [6.45, 7) is 1.90. The van der Waals surface area contributed by atoms with Gasteiger partial charge in [-0.1, -0.05) is 60.9 Å². The number of anilines is 1. The summed E-state index contributed by atoms with van der Waals surface area (Å²) in [5, 5.41) is 20.4. The number of aromatic hydroxyl groups is 1. The Morgan fingerprint density at radius 3 is 2.40 bits per heavy atom. The van der Waals surface area contributed by atoms with E-state index in [2.05, 4.69) is 9.97 Å². The smallest absolute Gasteiger partial charge is 0.285 e. The number of hydrogen-bond acceptors (Lipinski definition) is 5. The second-order valence-electron chi connectivity index (χ2n) is 5.32. The van der Waals surface area contributed by atoms with Crippen LogP contribution in [0.5, 0.6) is 5.75 Å². The van der Waals surface area contributed by atoms with Gasteiger partial charge in [0.1, 0.15) is 5.75 Å². The van der Waals surface area contributed by atoms with Crippen molar-refractivity contribution in [2.75, 3.05) is 5.43 Å². The van der Waals surface area contributed by atoms with E-state index < -0.39 is 5.03 Å². The molecule has 0 atom stereocenters. The summed E-state index contributed by atoms with van der Waals surface area (Å²) < 4.78 is 0. The minimum absolute atomic E-state index is 0.0835. The predicted octanol–water partition coefficient (Wildman–Crippen LogP) is 3.68. The second-order valence-corrected chi connectivity index (χ2v) is 5.32. The zero-order valence-corrected chi connectivity index (χ0v) is 13.5. The molecule has 1 heterocycles. The largest absolute Gasteiger partial charge is 0.507 e. The number of nitrogens with one attached hydrogen (secondary N) is 1. The van der Waals surface area contributed by atoms with Gasteiger partial charge in [0.05, 0.1) is 11.4 Å². The van der Waals surface area contributed by atoms with Crippen LogP contribution in [0.25, 0.3) is 22.4 Å². The topological polar surface area (TPSA) is 101 Å². The lowest BCUT2D eigenvalue weighted by atomic mass is 9.96. The number of nitrogens with zero attached hydrogens (tertiary/aromatic N) is 3. The van der Waals surface area contributed by atoms with E-state index >= 15 is 0 Å². The Kier molecular flexibility index (Phi) is 4.56. The molecule has 0 saturated heterocycles. The highest BCUT2D eigenvalue weighted by Crippen LogP contribution is 2.38. The van der Waals surface area contributed by atoms with Gasteiger partial charge < -0.3 is 5.11 Å². The molecule has 0 amide bonds. The van der Waals surface area contributed by atoms with Gasteiger partial charge in [0.25, 0.3) is 5.95 Å². The lowest BCUT2D eigenvalue weighted by Crippen LogP contribution is -2.13. The van der Waals surface area contributed by atoms with Crippen LogP contribution in [0.3, 0.4) is 0 Å². The van der Waals surface area contributed by atoms with E-state index in [1.54, 1.807) is 18.2 Å². The minimum atomic E-state index is -0.691. The summed E-state index contributed by atoms with van der Waals surface area (Å²) in [6.07, 6.45) is 0.526. The second kappa shape index (κ2) is 6.96. The van der Waals surface area contributed by atoms with E-state index in [9.17, 15) is 15.2 Å². The number of para-hydroxylation sites is 1. The van der Waals surface area contributed by atoms with Gasteiger partial charge in [-0.25, -0.2) is 20.1 Å². The molecule has 0 bridgehead atoms. The lowest BCUT2D eigenvalue weighted by molar-refractivity contribution is -0.446. The number of benzene rings is 2. The minimum Gasteiger partial charge on any atom is -0.507 e. The third-order valence-electron chi connectivity index (χ3n) is 3.73. The Labute approximate surface area is 144 Å². The maximum atomic E-state index is 10.8. The molecule has 0 aliphatic carbocycles. The summed E-state index contributed by atoms with van der Waals surface area (Å²) in [6, 6.07) is 16.2. The number of hydrogen-bond donors (Lipinski definition) is 2. The Morgan fingerprint density at radius 1 is 1.08 bits per heavy atom. The van der Waals surface area contributed by atoms with Crippen molar-refractivity contribution in [1.82, 2.24) is 9.97 Å². The molecule has 7 nitrogen and oxygen atoms in total. The first-order valence-corrected chi connectivity index (χ1v) is 7.76. The quantitative estimate of drug-likeness (QED) is 0.544. The fourth-order valence-corrected chi connectivity index (χ4v) is 2.67. The molecule has 1 aromatic heterocycles. The molecular formula is C18H16N4O3. The van der Waals surface area contributed by atoms with Crippen LogP contribution in [0.2, 0.25) is 0 Å². The molecule has 2 aromatic carbocycles. The van der Waals surface area contributed by atoms with E-state index in [0.29, 0.717) is 28.9 Å². The summed E-state index contributed by atoms with van der Waals surface area (Å²) >= 11 is 0. The SMILES string of the molecule is CCc1nc(N[N+](=O)[O-])nc(-c2ccccc2)c1-c1ccccc1O. The maximum Gasteiger partial charge on any atom is 0.285 e. The number of nitro groups is 1. The normalized spacial score (nSPS) is 10.4. The molecule has 25 heavy (non-hydrogen) atoms. The first-order valence-electron chi connectivity index (χ1n) is 7.76. The van der Waals surface area contributed by atoms with Gasteiger partial charge in [0, 0.05) is 16.7 Å². The molecule has 7 heteroatoms. The lowest BCUT2D eigenvalue weighted by Gasteiger charge is -2.15. The molecule has 0 saturated carbocycles. The summed E-state index contributed by atoms with van der Waals surface area (Å²) in [5.41, 5.74) is 5.20. The highest BCUT2D eigenvalue weighted by molar-refractivity contribution is 5.85. The third-order valence-corrected chi connectivity index (χ3v) is 3.73. The summed E-state index contributed by atoms with van der Waals surface area (Å²) in [7, 11) is 0. The van der Waals surface area contributed by atoms with Crippen LogP contribution in [-0.4, -0.2) is 20.1 Å². The van der Waals surface area contributed by atoms with Crippen molar-refractivity contribution in [3.8, 4) is 28.1 Å². The van der Waals surface area contributed by atoms with Crippen molar-refractivity contribution in [2.24, 2.45) is 0 Å². The van der Waals surface area contributed by atoms with Crippen molar-refractivity contribution in [2.45, 2.75) is 13.3 Å². The van der Waals surface area contributed by atoms with Crippen molar-refractivity contribution in [3.05, 3.63) is 70.4 Å². The van der Waals surface area contributed by atoms with E-state index in [1.165, 1.54) is 0 Å². The molecule has 0 spiro atoms. The average molecular weight is 336 g/mol. The van der Waals surface area contributed by atoms with Crippen molar-refractivity contribution in [3.63, 3.8) is 0 Å². The molecule has 0 aliphatic heterocycles. The standard InChI is InChI=1S/C18H16N4O3/c1-2-14-16(13-10-6-7-11-15(13)23)17(12-8-4-3-5-9-12)20-18(19-14)21-22(24)25/h3-11,23H,2H2,1H3,(H,19,20,21). The number of phenols is 1. The van der Waals surface area contributed by atoms with Gasteiger partial charge in [0.15, 0.2) is 5.03 Å². The van der Waals surface area contributed by atoms with Crippen molar-refractivity contribution >= 4 is 5.95 Å². The molecule has 0 aliphatic rings. The maximum absolute atomic E-state index is 10.8. The summed E-state index contributed by atoms with van der Waals surface area (Å²) in [5.74, 6) is 0.0211. The zero-order valence-electron chi connectivity index (χ0n) is 13.5. The van der Waals surface area contributed by atoms with Crippen LogP contribution in [0.4, 0.5) is 5.95 Å². The number of phenolic OH excluding ortho intramolecular Hbond substituents is 1. The van der Waals surface area contributed by atoms with Crippen LogP contribution in [0.15, 0.2) is 54.6 Å². The Morgan fingerprint density at radius 2 is 1.76 bits per heavy atom. The Hall–Kier alpha value is -3.48. The van der Waals surface area contributed by atoms with E-state index in [-0.39, 0.29) is 11.7 Å². The van der Waals surface area contributed by atoms with Crippen LogP contribution >= 0.6 is 0 Å². The number of rotatable bonds is 5. The molecule has 0 fully saturated rings. The highest BCUT2D eigenvalue weighted by atomic mass is 16.7. The predicted molar refractivity (Wildman–Crippen MR) is 94.6 cm³/mol. The van der Waals surface area contributed by atoms with Crippen LogP contribution in [0, 0.1) is 10.1 Å². The van der Waals surface area contributed by atoms with Gasteiger partial charge in [-0.2, -0.15) is 0 Å².